The molecule has 2 atom stereocenters. The highest BCUT2D eigenvalue weighted by molar-refractivity contribution is 4.93. The highest BCUT2D eigenvalue weighted by Gasteiger charge is 2.34. The first-order chi connectivity index (χ1) is 7.61. The summed E-state index contributed by atoms with van der Waals surface area (Å²) in [6.45, 7) is 11.0. The van der Waals surface area contributed by atoms with Gasteiger partial charge in [-0.3, -0.25) is 4.90 Å². The lowest BCUT2D eigenvalue weighted by molar-refractivity contribution is 0.132. The van der Waals surface area contributed by atoms with Crippen LogP contribution in [0.1, 0.15) is 52.9 Å². The second-order valence-electron chi connectivity index (χ2n) is 6.37. The van der Waals surface area contributed by atoms with Gasteiger partial charge < -0.3 is 5.32 Å². The highest BCUT2D eigenvalue weighted by atomic mass is 15.2. The molecule has 0 amide bonds. The Hall–Kier alpha value is -0.0800. The SMILES string of the molecule is CC(C)C1CCCN1CC1(C)CCCCN1. The van der Waals surface area contributed by atoms with Crippen LogP contribution in [-0.2, 0) is 0 Å². The van der Waals surface area contributed by atoms with Gasteiger partial charge >= 0.3 is 0 Å². The van der Waals surface area contributed by atoms with E-state index in [0.29, 0.717) is 5.54 Å². The molecule has 0 spiro atoms. The molecule has 2 fully saturated rings. The molecule has 0 aliphatic carbocycles. The smallest absolute Gasteiger partial charge is 0.0280 e. The molecule has 0 aromatic carbocycles. The van der Waals surface area contributed by atoms with Crippen molar-refractivity contribution in [1.82, 2.24) is 10.2 Å². The van der Waals surface area contributed by atoms with Gasteiger partial charge in [0.15, 0.2) is 0 Å². The van der Waals surface area contributed by atoms with E-state index in [1.807, 2.05) is 0 Å². The molecule has 2 rings (SSSR count). The number of hydrogen-bond donors (Lipinski definition) is 1. The van der Waals surface area contributed by atoms with E-state index in [-0.39, 0.29) is 0 Å². The number of rotatable bonds is 3. The summed E-state index contributed by atoms with van der Waals surface area (Å²) in [5, 5.41) is 3.74. The fourth-order valence-electron chi connectivity index (χ4n) is 3.51. The summed E-state index contributed by atoms with van der Waals surface area (Å²) in [7, 11) is 0. The fourth-order valence-corrected chi connectivity index (χ4v) is 3.51. The molecule has 2 unspecified atom stereocenters. The molecule has 2 heteroatoms. The zero-order valence-electron chi connectivity index (χ0n) is 11.3. The minimum Gasteiger partial charge on any atom is -0.310 e. The highest BCUT2D eigenvalue weighted by Crippen LogP contribution is 2.28. The first-order valence-corrected chi connectivity index (χ1v) is 7.10. The molecule has 16 heavy (non-hydrogen) atoms. The molecule has 2 saturated heterocycles. The Balaban J connectivity index is 1.92. The van der Waals surface area contributed by atoms with Gasteiger partial charge in [0.05, 0.1) is 0 Å². The van der Waals surface area contributed by atoms with E-state index >= 15 is 0 Å². The van der Waals surface area contributed by atoms with Crippen molar-refractivity contribution in [3.63, 3.8) is 0 Å². The number of piperidine rings is 1. The van der Waals surface area contributed by atoms with Gasteiger partial charge in [-0.05, 0) is 51.6 Å². The molecular formula is C14H28N2. The van der Waals surface area contributed by atoms with Crippen molar-refractivity contribution in [3.8, 4) is 0 Å². The van der Waals surface area contributed by atoms with Gasteiger partial charge in [0.2, 0.25) is 0 Å². The third kappa shape index (κ3) is 2.78. The second-order valence-corrected chi connectivity index (χ2v) is 6.37. The Kier molecular flexibility index (Phi) is 3.91. The van der Waals surface area contributed by atoms with E-state index < -0.39 is 0 Å². The molecule has 2 heterocycles. The number of nitrogens with one attached hydrogen (secondary N) is 1. The fraction of sp³-hybridized carbons (Fsp3) is 1.00. The molecule has 0 saturated carbocycles. The minimum atomic E-state index is 0.385. The van der Waals surface area contributed by atoms with Gasteiger partial charge in [-0.1, -0.05) is 20.3 Å². The van der Waals surface area contributed by atoms with Crippen LogP contribution in [0.5, 0.6) is 0 Å². The zero-order chi connectivity index (χ0) is 11.6. The summed E-state index contributed by atoms with van der Waals surface area (Å²) in [6.07, 6.45) is 6.94. The van der Waals surface area contributed by atoms with Crippen molar-refractivity contribution < 1.29 is 0 Å². The van der Waals surface area contributed by atoms with Crippen molar-refractivity contribution in [2.24, 2.45) is 5.92 Å². The van der Waals surface area contributed by atoms with Crippen molar-refractivity contribution in [2.45, 2.75) is 64.5 Å². The van der Waals surface area contributed by atoms with Crippen LogP contribution in [0, 0.1) is 5.92 Å². The number of likely N-dealkylation sites (tertiary alicyclic amines) is 1. The Morgan fingerprint density at radius 2 is 2.12 bits per heavy atom. The monoisotopic (exact) mass is 224 g/mol. The van der Waals surface area contributed by atoms with Gasteiger partial charge in [0.1, 0.15) is 0 Å². The van der Waals surface area contributed by atoms with E-state index in [1.165, 1.54) is 51.7 Å². The molecule has 2 nitrogen and oxygen atoms in total. The molecule has 2 aliphatic heterocycles. The molecule has 0 aromatic heterocycles. The summed E-state index contributed by atoms with van der Waals surface area (Å²) in [6, 6.07) is 0.834. The van der Waals surface area contributed by atoms with Crippen LogP contribution in [0.25, 0.3) is 0 Å². The standard InChI is InChI=1S/C14H28N2/c1-12(2)13-7-6-10-16(13)11-14(3)8-4-5-9-15-14/h12-13,15H,4-11H2,1-3H3. The minimum absolute atomic E-state index is 0.385. The van der Waals surface area contributed by atoms with Gasteiger partial charge in [-0.15, -0.1) is 0 Å². The Morgan fingerprint density at radius 1 is 1.31 bits per heavy atom. The summed E-state index contributed by atoms with van der Waals surface area (Å²) in [5.41, 5.74) is 0.385. The van der Waals surface area contributed by atoms with E-state index in [9.17, 15) is 0 Å². The van der Waals surface area contributed by atoms with Gasteiger partial charge in [-0.25, -0.2) is 0 Å². The van der Waals surface area contributed by atoms with Gasteiger partial charge in [0.25, 0.3) is 0 Å². The molecule has 0 bridgehead atoms. The van der Waals surface area contributed by atoms with Gasteiger partial charge in [-0.2, -0.15) is 0 Å². The zero-order valence-corrected chi connectivity index (χ0v) is 11.3. The van der Waals surface area contributed by atoms with Crippen LogP contribution in [0.4, 0.5) is 0 Å². The summed E-state index contributed by atoms with van der Waals surface area (Å²) < 4.78 is 0. The Morgan fingerprint density at radius 3 is 2.75 bits per heavy atom. The molecule has 0 radical (unpaired) electrons. The van der Waals surface area contributed by atoms with Crippen molar-refractivity contribution in [2.75, 3.05) is 19.6 Å². The predicted octanol–water partition coefficient (Wildman–Crippen LogP) is 2.64. The van der Waals surface area contributed by atoms with Crippen LogP contribution >= 0.6 is 0 Å². The van der Waals surface area contributed by atoms with E-state index in [0.717, 1.165) is 12.0 Å². The quantitative estimate of drug-likeness (QED) is 0.793. The maximum Gasteiger partial charge on any atom is 0.0280 e. The van der Waals surface area contributed by atoms with Gasteiger partial charge in [0, 0.05) is 18.1 Å². The third-order valence-electron chi connectivity index (χ3n) is 4.44. The second kappa shape index (κ2) is 5.05. The predicted molar refractivity (Wildman–Crippen MR) is 69.7 cm³/mol. The number of hydrogen-bond acceptors (Lipinski definition) is 2. The first kappa shape index (κ1) is 12.4. The lowest BCUT2D eigenvalue weighted by Crippen LogP contribution is -2.55. The Bertz CT molecular complexity index is 219. The lowest BCUT2D eigenvalue weighted by atomic mass is 9.89. The average molecular weight is 224 g/mol. The Labute approximate surface area is 101 Å². The number of nitrogens with zero attached hydrogens (tertiary/aromatic N) is 1. The van der Waals surface area contributed by atoms with E-state index in [4.69, 9.17) is 0 Å². The average Bonchev–Trinajstić information content (AvgIpc) is 2.66. The van der Waals surface area contributed by atoms with Crippen molar-refractivity contribution in [3.05, 3.63) is 0 Å². The molecule has 1 N–H and O–H groups in total. The van der Waals surface area contributed by atoms with Crippen LogP contribution in [0.2, 0.25) is 0 Å². The molecule has 0 aromatic rings. The topological polar surface area (TPSA) is 15.3 Å². The summed E-state index contributed by atoms with van der Waals surface area (Å²) >= 11 is 0. The summed E-state index contributed by atoms with van der Waals surface area (Å²) in [4.78, 5) is 2.74. The molecule has 94 valence electrons. The van der Waals surface area contributed by atoms with Crippen LogP contribution < -0.4 is 5.32 Å². The van der Waals surface area contributed by atoms with Crippen LogP contribution in [-0.4, -0.2) is 36.1 Å². The first-order valence-electron chi connectivity index (χ1n) is 7.10. The van der Waals surface area contributed by atoms with Crippen molar-refractivity contribution >= 4 is 0 Å². The molecular weight excluding hydrogens is 196 g/mol. The molecule has 2 aliphatic rings. The third-order valence-corrected chi connectivity index (χ3v) is 4.44. The van der Waals surface area contributed by atoms with Crippen LogP contribution in [0.15, 0.2) is 0 Å². The lowest BCUT2D eigenvalue weighted by Gasteiger charge is -2.40. The van der Waals surface area contributed by atoms with Crippen LogP contribution in [0.3, 0.4) is 0 Å². The maximum atomic E-state index is 3.74. The van der Waals surface area contributed by atoms with Crippen molar-refractivity contribution in [1.29, 1.82) is 0 Å². The largest absolute Gasteiger partial charge is 0.310 e. The summed E-state index contributed by atoms with van der Waals surface area (Å²) in [5.74, 6) is 0.815. The van der Waals surface area contributed by atoms with E-state index in [2.05, 4.69) is 31.0 Å². The maximum absolute atomic E-state index is 3.74. The normalized spacial score (nSPS) is 37.1. The van der Waals surface area contributed by atoms with E-state index in [1.54, 1.807) is 0 Å².